The number of benzene rings is 2. The van der Waals surface area contributed by atoms with Gasteiger partial charge in [-0.2, -0.15) is 0 Å². The van der Waals surface area contributed by atoms with Gasteiger partial charge in [0.05, 0.1) is 6.61 Å². The van der Waals surface area contributed by atoms with Gasteiger partial charge in [-0.15, -0.1) is 0 Å². The summed E-state index contributed by atoms with van der Waals surface area (Å²) in [5.41, 5.74) is 9.70. The molecule has 3 rings (SSSR count). The minimum absolute atomic E-state index is 0.585. The smallest absolute Gasteiger partial charge is 0.121 e. The molecule has 1 heterocycles. The topological polar surface area (TPSA) is 62.3 Å². The lowest BCUT2D eigenvalue weighted by molar-refractivity contribution is 0.202. The number of anilines is 1. The minimum atomic E-state index is 0.585. The van der Waals surface area contributed by atoms with E-state index < -0.39 is 0 Å². The van der Waals surface area contributed by atoms with Crippen molar-refractivity contribution in [3.05, 3.63) is 58.1 Å². The highest BCUT2D eigenvalue weighted by Crippen LogP contribution is 2.34. The van der Waals surface area contributed by atoms with Gasteiger partial charge in [-0.3, -0.25) is 0 Å². The molecule has 1 fully saturated rings. The molecule has 0 spiro atoms. The lowest BCUT2D eigenvalue weighted by atomic mass is 9.88. The van der Waals surface area contributed by atoms with Crippen molar-refractivity contribution in [2.75, 3.05) is 32.0 Å². The number of likely N-dealkylation sites (tertiary alicyclic amines) is 1. The van der Waals surface area contributed by atoms with Gasteiger partial charge in [-0.05, 0) is 81.4 Å². The summed E-state index contributed by atoms with van der Waals surface area (Å²) in [6.45, 7) is 6.17. The monoisotopic (exact) mass is 399 g/mol. The first-order valence-electron chi connectivity index (χ1n) is 10.1. The van der Waals surface area contributed by atoms with E-state index in [1.54, 1.807) is 6.07 Å². The molecule has 2 aromatic carbocycles. The number of aryl methyl sites for hydroxylation is 1. The number of nitrogens with one attached hydrogen (secondary N) is 1. The highest BCUT2D eigenvalue weighted by Gasteiger charge is 2.22. The summed E-state index contributed by atoms with van der Waals surface area (Å²) >= 11 is 6.51. The van der Waals surface area contributed by atoms with Crippen LogP contribution in [0.3, 0.4) is 0 Å². The molecule has 1 aliphatic heterocycles. The van der Waals surface area contributed by atoms with Gasteiger partial charge in [0.25, 0.3) is 0 Å². The van der Waals surface area contributed by atoms with Crippen LogP contribution in [0.1, 0.15) is 48.3 Å². The Hall–Kier alpha value is -2.04. The predicted octanol–water partition coefficient (Wildman–Crippen LogP) is 5.27. The maximum absolute atomic E-state index is 7.27. The first-order valence-corrected chi connectivity index (χ1v) is 10.5. The maximum Gasteiger partial charge on any atom is 0.121 e. The lowest BCUT2D eigenvalue weighted by Gasteiger charge is -2.32. The van der Waals surface area contributed by atoms with Gasteiger partial charge in [-0.25, -0.2) is 0 Å². The Morgan fingerprint density at radius 3 is 2.71 bits per heavy atom. The maximum atomic E-state index is 7.27. The summed E-state index contributed by atoms with van der Waals surface area (Å²) in [4.78, 5) is 2.55. The first kappa shape index (κ1) is 20.7. The minimum Gasteiger partial charge on any atom is -0.494 e. The van der Waals surface area contributed by atoms with Crippen molar-refractivity contribution >= 4 is 23.5 Å². The lowest BCUT2D eigenvalue weighted by Crippen LogP contribution is -2.33. The van der Waals surface area contributed by atoms with Gasteiger partial charge in [0.2, 0.25) is 0 Å². The Balaban J connectivity index is 1.35. The number of unbranched alkanes of at least 4 members (excludes halogenated alkanes) is 1. The number of halogens is 1. The predicted molar refractivity (Wildman–Crippen MR) is 118 cm³/mol. The van der Waals surface area contributed by atoms with Crippen LogP contribution in [-0.2, 0) is 0 Å². The molecule has 2 aromatic rings. The first-order chi connectivity index (χ1) is 13.6. The van der Waals surface area contributed by atoms with Gasteiger partial charge in [0.15, 0.2) is 0 Å². The number of piperidine rings is 1. The molecule has 0 saturated carbocycles. The fourth-order valence-electron chi connectivity index (χ4n) is 3.85. The van der Waals surface area contributed by atoms with Crippen LogP contribution in [0.2, 0.25) is 5.02 Å². The van der Waals surface area contributed by atoms with Crippen LogP contribution in [0.15, 0.2) is 36.4 Å². The molecular formula is C23H30ClN3O. The molecule has 3 N–H and O–H groups in total. The second kappa shape index (κ2) is 9.94. The van der Waals surface area contributed by atoms with Crippen molar-refractivity contribution in [3.63, 3.8) is 0 Å². The number of nitrogen functional groups attached to an aromatic ring is 1. The molecule has 0 radical (unpaired) electrons. The van der Waals surface area contributed by atoms with Crippen LogP contribution in [0, 0.1) is 12.3 Å². The van der Waals surface area contributed by atoms with E-state index in [4.69, 9.17) is 27.5 Å². The Kier molecular flexibility index (Phi) is 7.35. The zero-order chi connectivity index (χ0) is 19.9. The zero-order valence-corrected chi connectivity index (χ0v) is 17.3. The number of ether oxygens (including phenoxy) is 1. The van der Waals surface area contributed by atoms with Crippen LogP contribution in [-0.4, -0.2) is 37.4 Å². The molecule has 0 bridgehead atoms. The van der Waals surface area contributed by atoms with E-state index in [2.05, 4.69) is 30.0 Å². The number of hydrogen-bond acceptors (Lipinski definition) is 4. The van der Waals surface area contributed by atoms with E-state index in [1.807, 2.05) is 12.1 Å². The third-order valence-electron chi connectivity index (χ3n) is 5.60. The fraction of sp³-hybridized carbons (Fsp3) is 0.435. The van der Waals surface area contributed by atoms with E-state index in [9.17, 15) is 0 Å². The zero-order valence-electron chi connectivity index (χ0n) is 16.6. The van der Waals surface area contributed by atoms with Crippen LogP contribution in [0.4, 0.5) is 5.69 Å². The molecule has 0 amide bonds. The summed E-state index contributed by atoms with van der Waals surface area (Å²) in [7, 11) is 0. The third kappa shape index (κ3) is 5.27. The molecule has 150 valence electrons. The van der Waals surface area contributed by atoms with Gasteiger partial charge >= 0.3 is 0 Å². The summed E-state index contributed by atoms with van der Waals surface area (Å²) in [6, 6.07) is 11.9. The molecule has 4 nitrogen and oxygen atoms in total. The molecule has 0 unspecified atom stereocenters. The molecule has 5 heteroatoms. The van der Waals surface area contributed by atoms with Crippen molar-refractivity contribution in [2.24, 2.45) is 0 Å². The van der Waals surface area contributed by atoms with Crippen LogP contribution in [0.25, 0.3) is 0 Å². The average molecular weight is 400 g/mol. The number of nitrogens with zero attached hydrogens (tertiary/aromatic N) is 1. The van der Waals surface area contributed by atoms with E-state index in [0.29, 0.717) is 18.2 Å². The van der Waals surface area contributed by atoms with Crippen LogP contribution >= 0.6 is 11.6 Å². The number of nitrogens with two attached hydrogens (primary N) is 1. The molecule has 0 aliphatic carbocycles. The highest BCUT2D eigenvalue weighted by atomic mass is 35.5. The molecule has 0 atom stereocenters. The average Bonchev–Trinajstić information content (AvgIpc) is 2.70. The summed E-state index contributed by atoms with van der Waals surface area (Å²) in [5, 5.41) is 8.22. The van der Waals surface area contributed by atoms with Gasteiger partial charge in [-0.1, -0.05) is 29.8 Å². The van der Waals surface area contributed by atoms with Crippen molar-refractivity contribution in [1.29, 1.82) is 5.41 Å². The molecule has 28 heavy (non-hydrogen) atoms. The van der Waals surface area contributed by atoms with Crippen LogP contribution in [0.5, 0.6) is 5.75 Å². The van der Waals surface area contributed by atoms with Crippen LogP contribution < -0.4 is 10.5 Å². The number of hydrogen-bond donors (Lipinski definition) is 2. The molecular weight excluding hydrogens is 370 g/mol. The Bertz CT molecular complexity index is 800. The van der Waals surface area contributed by atoms with E-state index in [0.717, 1.165) is 48.8 Å². The second-order valence-corrected chi connectivity index (χ2v) is 7.96. The normalized spacial score (nSPS) is 15.5. The van der Waals surface area contributed by atoms with E-state index in [-0.39, 0.29) is 0 Å². The highest BCUT2D eigenvalue weighted by molar-refractivity contribution is 6.32. The quantitative estimate of drug-likeness (QED) is 0.361. The van der Waals surface area contributed by atoms with Crippen molar-refractivity contribution in [1.82, 2.24) is 4.90 Å². The SMILES string of the molecule is Cc1cccc(C2CCN(CCCCOc3ccc(C=N)c(N)c3)CC2)c1Cl. The van der Waals surface area contributed by atoms with Crippen molar-refractivity contribution < 1.29 is 4.74 Å². The van der Waals surface area contributed by atoms with Gasteiger partial charge in [0, 0.05) is 28.6 Å². The van der Waals surface area contributed by atoms with E-state index >= 15 is 0 Å². The summed E-state index contributed by atoms with van der Waals surface area (Å²) < 4.78 is 5.79. The van der Waals surface area contributed by atoms with Gasteiger partial charge < -0.3 is 20.8 Å². The molecule has 1 aliphatic rings. The Morgan fingerprint density at radius 2 is 2.00 bits per heavy atom. The third-order valence-corrected chi connectivity index (χ3v) is 6.12. The standard InChI is InChI=1S/C23H30ClN3O/c1-17-5-4-6-21(23(17)24)18-9-12-27(13-10-18)11-2-3-14-28-20-8-7-19(16-25)22(26)15-20/h4-8,15-16,18,25H,2-3,9-14,26H2,1H3. The largest absolute Gasteiger partial charge is 0.494 e. The molecule has 1 saturated heterocycles. The van der Waals surface area contributed by atoms with Crippen molar-refractivity contribution in [2.45, 2.75) is 38.5 Å². The summed E-state index contributed by atoms with van der Waals surface area (Å²) in [5.74, 6) is 1.36. The Morgan fingerprint density at radius 1 is 1.21 bits per heavy atom. The second-order valence-electron chi connectivity index (χ2n) is 7.58. The van der Waals surface area contributed by atoms with Gasteiger partial charge in [0.1, 0.15) is 5.75 Å². The Labute approximate surface area is 173 Å². The fourth-order valence-corrected chi connectivity index (χ4v) is 4.13. The molecule has 0 aromatic heterocycles. The number of rotatable bonds is 8. The van der Waals surface area contributed by atoms with Crippen molar-refractivity contribution in [3.8, 4) is 5.75 Å². The van der Waals surface area contributed by atoms with E-state index in [1.165, 1.54) is 30.2 Å². The summed E-state index contributed by atoms with van der Waals surface area (Å²) in [6.07, 6.45) is 5.77.